The van der Waals surface area contributed by atoms with Crippen molar-refractivity contribution in [3.05, 3.63) is 42.4 Å². The van der Waals surface area contributed by atoms with Gasteiger partial charge < -0.3 is 14.4 Å². The fraction of sp³-hybridized carbons (Fsp3) is 0.524. The van der Waals surface area contributed by atoms with Gasteiger partial charge >= 0.3 is 0 Å². The minimum atomic E-state index is -0.130. The van der Waals surface area contributed by atoms with Crippen LogP contribution in [0, 0.1) is 5.92 Å². The number of carbonyl (C=O) groups is 1. The lowest BCUT2D eigenvalue weighted by molar-refractivity contribution is -0.137. The molecule has 1 amide bonds. The molecule has 1 saturated carbocycles. The molecule has 2 aliphatic heterocycles. The van der Waals surface area contributed by atoms with Crippen LogP contribution < -0.4 is 4.90 Å². The van der Waals surface area contributed by atoms with Crippen molar-refractivity contribution in [3.63, 3.8) is 0 Å². The molecule has 1 aliphatic carbocycles. The third-order valence-electron chi connectivity index (χ3n) is 6.49. The Hall–Kier alpha value is -2.30. The number of amides is 1. The fourth-order valence-corrected chi connectivity index (χ4v) is 4.98. The lowest BCUT2D eigenvalue weighted by Gasteiger charge is -2.47. The molecule has 5 nitrogen and oxygen atoms in total. The third kappa shape index (κ3) is 2.09. The molecular formula is C21H26N4O. The lowest BCUT2D eigenvalue weighted by atomic mass is 9.84. The molecule has 0 N–H and O–H groups in total. The van der Waals surface area contributed by atoms with Crippen molar-refractivity contribution in [2.24, 2.45) is 5.92 Å². The Kier molecular flexibility index (Phi) is 3.59. The van der Waals surface area contributed by atoms with E-state index in [1.54, 1.807) is 0 Å². The molecule has 26 heavy (non-hydrogen) atoms. The molecule has 3 aliphatic rings. The number of aromatic nitrogens is 2. The van der Waals surface area contributed by atoms with E-state index >= 15 is 0 Å². The van der Waals surface area contributed by atoms with E-state index in [2.05, 4.69) is 50.7 Å². The van der Waals surface area contributed by atoms with Gasteiger partial charge in [0.05, 0.1) is 11.4 Å². The van der Waals surface area contributed by atoms with Gasteiger partial charge in [-0.2, -0.15) is 0 Å². The first-order valence-electron chi connectivity index (χ1n) is 9.94. The molecule has 4 heterocycles. The molecule has 1 spiro atoms. The van der Waals surface area contributed by atoms with E-state index in [1.165, 1.54) is 17.8 Å². The van der Waals surface area contributed by atoms with Crippen molar-refractivity contribution in [2.75, 3.05) is 24.5 Å². The number of likely N-dealkylation sites (tertiary alicyclic amines) is 1. The highest BCUT2D eigenvalue weighted by atomic mass is 16.2. The van der Waals surface area contributed by atoms with Gasteiger partial charge in [-0.1, -0.05) is 13.3 Å². The minimum absolute atomic E-state index is 0.130. The molecule has 5 heteroatoms. The van der Waals surface area contributed by atoms with E-state index < -0.39 is 0 Å². The number of anilines is 1. The zero-order valence-electron chi connectivity index (χ0n) is 15.4. The molecular weight excluding hydrogens is 324 g/mol. The average Bonchev–Trinajstić information content (AvgIpc) is 3.26. The van der Waals surface area contributed by atoms with E-state index in [1.807, 2.05) is 12.3 Å². The van der Waals surface area contributed by atoms with E-state index in [0.29, 0.717) is 5.91 Å². The highest BCUT2D eigenvalue weighted by Gasteiger charge is 2.51. The molecule has 2 aromatic rings. The first-order valence-corrected chi connectivity index (χ1v) is 9.94. The van der Waals surface area contributed by atoms with E-state index in [0.717, 1.165) is 51.1 Å². The second-order valence-corrected chi connectivity index (χ2v) is 7.93. The highest BCUT2D eigenvalue weighted by molar-refractivity contribution is 5.80. The van der Waals surface area contributed by atoms with Gasteiger partial charge in [-0.25, -0.2) is 4.98 Å². The Morgan fingerprint density at radius 2 is 2.19 bits per heavy atom. The number of nitrogens with zero attached hydrogens (tertiary/aromatic N) is 4. The predicted molar refractivity (Wildman–Crippen MR) is 101 cm³/mol. The number of rotatable bonds is 3. The van der Waals surface area contributed by atoms with Crippen LogP contribution in [0.25, 0.3) is 5.82 Å². The zero-order chi connectivity index (χ0) is 17.7. The summed E-state index contributed by atoms with van der Waals surface area (Å²) in [5, 5.41) is 0. The average molecular weight is 350 g/mol. The zero-order valence-corrected chi connectivity index (χ0v) is 15.4. The Morgan fingerprint density at radius 3 is 2.96 bits per heavy atom. The Balaban J connectivity index is 1.58. The summed E-state index contributed by atoms with van der Waals surface area (Å²) in [6, 6.07) is 8.54. The van der Waals surface area contributed by atoms with Crippen molar-refractivity contribution in [2.45, 2.75) is 44.6 Å². The summed E-state index contributed by atoms with van der Waals surface area (Å²) in [5.74, 6) is 1.66. The second kappa shape index (κ2) is 5.86. The van der Waals surface area contributed by atoms with Crippen LogP contribution in [0.2, 0.25) is 0 Å². The van der Waals surface area contributed by atoms with Gasteiger partial charge in [0, 0.05) is 37.9 Å². The maximum atomic E-state index is 12.9. The molecule has 0 bridgehead atoms. The van der Waals surface area contributed by atoms with Gasteiger partial charge in [-0.05, 0) is 49.9 Å². The standard InChI is InChI=1S/C21H26N4O/c1-2-12-25-17-8-4-11-22-19(17)24-13-5-9-18(24)21(25)10-14-23(15-21)20(26)16-6-3-7-16/h4-5,8-9,11,13,16H,2-3,6-7,10,12,14-15H2,1H3/t21-/m1/s1. The van der Waals surface area contributed by atoms with Crippen LogP contribution in [-0.4, -0.2) is 40.0 Å². The fourth-order valence-electron chi connectivity index (χ4n) is 4.98. The van der Waals surface area contributed by atoms with Gasteiger partial charge in [-0.15, -0.1) is 0 Å². The van der Waals surface area contributed by atoms with Crippen LogP contribution in [0.1, 0.15) is 44.7 Å². The summed E-state index contributed by atoms with van der Waals surface area (Å²) < 4.78 is 2.23. The monoisotopic (exact) mass is 350 g/mol. The van der Waals surface area contributed by atoms with E-state index in [9.17, 15) is 4.79 Å². The van der Waals surface area contributed by atoms with Crippen molar-refractivity contribution >= 4 is 11.6 Å². The van der Waals surface area contributed by atoms with Crippen LogP contribution in [0.5, 0.6) is 0 Å². The summed E-state index contributed by atoms with van der Waals surface area (Å²) >= 11 is 0. The Morgan fingerprint density at radius 1 is 1.31 bits per heavy atom. The Bertz CT molecular complexity index is 840. The van der Waals surface area contributed by atoms with Crippen LogP contribution in [0.3, 0.4) is 0 Å². The quantitative estimate of drug-likeness (QED) is 0.853. The van der Waals surface area contributed by atoms with Crippen molar-refractivity contribution in [1.29, 1.82) is 0 Å². The number of fused-ring (bicyclic) bond motifs is 4. The first kappa shape index (κ1) is 15.9. The summed E-state index contributed by atoms with van der Waals surface area (Å²) in [6.07, 6.45) is 9.40. The first-order chi connectivity index (χ1) is 12.7. The van der Waals surface area contributed by atoms with E-state index in [4.69, 9.17) is 0 Å². The number of hydrogen-bond acceptors (Lipinski definition) is 3. The van der Waals surface area contributed by atoms with Gasteiger partial charge in [0.15, 0.2) is 5.82 Å². The molecule has 5 rings (SSSR count). The molecule has 2 aromatic heterocycles. The maximum absolute atomic E-state index is 12.9. The van der Waals surface area contributed by atoms with Gasteiger partial charge in [0.2, 0.25) is 5.91 Å². The highest BCUT2D eigenvalue weighted by Crippen LogP contribution is 2.47. The smallest absolute Gasteiger partial charge is 0.225 e. The normalized spacial score (nSPS) is 24.5. The molecule has 0 radical (unpaired) electrons. The molecule has 1 saturated heterocycles. The van der Waals surface area contributed by atoms with Crippen molar-refractivity contribution in [1.82, 2.24) is 14.5 Å². The predicted octanol–water partition coefficient (Wildman–Crippen LogP) is 3.33. The summed E-state index contributed by atoms with van der Waals surface area (Å²) in [6.45, 7) is 4.86. The summed E-state index contributed by atoms with van der Waals surface area (Å²) in [7, 11) is 0. The molecule has 0 unspecified atom stereocenters. The van der Waals surface area contributed by atoms with Crippen LogP contribution >= 0.6 is 0 Å². The lowest BCUT2D eigenvalue weighted by Crippen LogP contribution is -2.53. The number of pyridine rings is 1. The number of carbonyl (C=O) groups excluding carboxylic acids is 1. The molecule has 2 fully saturated rings. The van der Waals surface area contributed by atoms with Crippen LogP contribution in [-0.2, 0) is 10.3 Å². The van der Waals surface area contributed by atoms with E-state index in [-0.39, 0.29) is 11.5 Å². The van der Waals surface area contributed by atoms with Crippen molar-refractivity contribution in [3.8, 4) is 5.82 Å². The second-order valence-electron chi connectivity index (χ2n) is 7.93. The third-order valence-corrected chi connectivity index (χ3v) is 6.49. The summed E-state index contributed by atoms with van der Waals surface area (Å²) in [4.78, 5) is 22.2. The van der Waals surface area contributed by atoms with Crippen LogP contribution in [0.15, 0.2) is 36.7 Å². The van der Waals surface area contributed by atoms with Gasteiger partial charge in [0.25, 0.3) is 0 Å². The topological polar surface area (TPSA) is 41.4 Å². The van der Waals surface area contributed by atoms with Crippen molar-refractivity contribution < 1.29 is 4.79 Å². The number of hydrogen-bond donors (Lipinski definition) is 0. The molecule has 136 valence electrons. The maximum Gasteiger partial charge on any atom is 0.225 e. The van der Waals surface area contributed by atoms with Gasteiger partial charge in [0.1, 0.15) is 5.54 Å². The van der Waals surface area contributed by atoms with Gasteiger partial charge in [-0.3, -0.25) is 4.79 Å². The molecule has 0 aromatic carbocycles. The largest absolute Gasteiger partial charge is 0.355 e. The SMILES string of the molecule is CCCN1c2cccnc2-n2cccc2[C@]12CCN(C(=O)C1CCC1)C2. The van der Waals surface area contributed by atoms with Crippen LogP contribution in [0.4, 0.5) is 5.69 Å². The molecule has 1 atom stereocenters. The minimum Gasteiger partial charge on any atom is -0.355 e. The summed E-state index contributed by atoms with van der Waals surface area (Å²) in [5.41, 5.74) is 2.34. The Labute approximate surface area is 154 Å².